The Morgan fingerprint density at radius 2 is 1.82 bits per heavy atom. The number of nitrogens with zero attached hydrogens (tertiary/aromatic N) is 7. The summed E-state index contributed by atoms with van der Waals surface area (Å²) in [4.78, 5) is 28.0. The summed E-state index contributed by atoms with van der Waals surface area (Å²) in [6.07, 6.45) is 11.7. The minimum Gasteiger partial charge on any atom is -0.363 e. The molecule has 6 rings (SSSR count). The number of carbonyl (C=O) groups excluding carboxylic acids is 1. The Balaban J connectivity index is 1.12. The summed E-state index contributed by atoms with van der Waals surface area (Å²) in [5.41, 5.74) is 6.09. The molecule has 0 spiro atoms. The molecule has 1 amide bonds. The zero-order valence-corrected chi connectivity index (χ0v) is 28.6. The van der Waals surface area contributed by atoms with Crippen LogP contribution in [0.4, 0.5) is 5.82 Å². The van der Waals surface area contributed by atoms with Gasteiger partial charge in [-0.15, -0.1) is 0 Å². The van der Waals surface area contributed by atoms with E-state index in [9.17, 15) is 10.1 Å². The number of H-pyrrole nitrogens is 1. The molecule has 3 N–H and O–H groups in total. The average Bonchev–Trinajstić information content (AvgIpc) is 3.78. The number of anilines is 1. The Morgan fingerprint density at radius 3 is 2.47 bits per heavy atom. The molecule has 252 valence electrons. The number of nitriles is 1. The van der Waals surface area contributed by atoms with Crippen LogP contribution < -0.4 is 10.6 Å². The molecule has 1 aliphatic rings. The number of aromatic amines is 1. The van der Waals surface area contributed by atoms with Gasteiger partial charge in [-0.1, -0.05) is 57.2 Å². The van der Waals surface area contributed by atoms with Gasteiger partial charge in [0.25, 0.3) is 0 Å². The van der Waals surface area contributed by atoms with Crippen LogP contribution in [0.2, 0.25) is 0 Å². The highest BCUT2D eigenvalue weighted by Gasteiger charge is 2.34. The SMILES string of the molecule is Cn1cc(-c2ccc(C(C(=O)NCc3ccccc3)C3CCC(Cc4ncc(C#N)c(NCc5cc(C(C)(C)C)n[nH]5)n4)CC3)nc2)cn1. The first-order valence-corrected chi connectivity index (χ1v) is 17.0. The van der Waals surface area contributed by atoms with Gasteiger partial charge in [0.05, 0.1) is 41.9 Å². The van der Waals surface area contributed by atoms with E-state index in [1.54, 1.807) is 10.9 Å². The van der Waals surface area contributed by atoms with Crippen LogP contribution in [-0.4, -0.2) is 40.8 Å². The second-order valence-electron chi connectivity index (χ2n) is 14.1. The van der Waals surface area contributed by atoms with E-state index in [1.807, 2.05) is 74.2 Å². The molecule has 1 fully saturated rings. The molecule has 0 aliphatic heterocycles. The number of benzene rings is 1. The van der Waals surface area contributed by atoms with Crippen LogP contribution >= 0.6 is 0 Å². The average molecular weight is 657 g/mol. The lowest BCUT2D eigenvalue weighted by molar-refractivity contribution is -0.124. The van der Waals surface area contributed by atoms with Crippen molar-refractivity contribution in [3.63, 3.8) is 0 Å². The van der Waals surface area contributed by atoms with Crippen LogP contribution in [0.3, 0.4) is 0 Å². The van der Waals surface area contributed by atoms with E-state index in [0.29, 0.717) is 36.8 Å². The summed E-state index contributed by atoms with van der Waals surface area (Å²) in [6.45, 7) is 7.32. The van der Waals surface area contributed by atoms with Crippen molar-refractivity contribution < 1.29 is 4.79 Å². The van der Waals surface area contributed by atoms with E-state index >= 15 is 0 Å². The van der Waals surface area contributed by atoms with Crippen molar-refractivity contribution in [3.8, 4) is 17.2 Å². The lowest BCUT2D eigenvalue weighted by Gasteiger charge is -2.33. The smallest absolute Gasteiger partial charge is 0.229 e. The Labute approximate surface area is 287 Å². The van der Waals surface area contributed by atoms with Crippen molar-refractivity contribution in [1.29, 1.82) is 5.26 Å². The van der Waals surface area contributed by atoms with E-state index in [2.05, 4.69) is 57.8 Å². The first kappa shape index (κ1) is 33.5. The maximum atomic E-state index is 13.8. The number of carbonyl (C=O) groups is 1. The summed E-state index contributed by atoms with van der Waals surface area (Å²) in [5.74, 6) is 1.45. The Kier molecular flexibility index (Phi) is 10.1. The second kappa shape index (κ2) is 14.8. The van der Waals surface area contributed by atoms with Gasteiger partial charge in [-0.05, 0) is 55.2 Å². The maximum absolute atomic E-state index is 13.8. The van der Waals surface area contributed by atoms with Crippen molar-refractivity contribution in [2.75, 3.05) is 5.32 Å². The molecule has 4 aromatic heterocycles. The minimum atomic E-state index is -0.351. The van der Waals surface area contributed by atoms with Gasteiger partial charge >= 0.3 is 0 Å². The normalized spacial score (nSPS) is 16.9. The van der Waals surface area contributed by atoms with E-state index in [-0.39, 0.29) is 23.2 Å². The molecule has 1 unspecified atom stereocenters. The number of aryl methyl sites for hydroxylation is 1. The van der Waals surface area contributed by atoms with Crippen LogP contribution in [0.5, 0.6) is 0 Å². The molecule has 1 saturated carbocycles. The Bertz CT molecular complexity index is 1890. The first-order chi connectivity index (χ1) is 23.7. The van der Waals surface area contributed by atoms with Crippen molar-refractivity contribution in [2.45, 2.75) is 77.3 Å². The van der Waals surface area contributed by atoms with Crippen LogP contribution in [0.15, 0.2) is 73.3 Å². The van der Waals surface area contributed by atoms with Crippen molar-refractivity contribution in [2.24, 2.45) is 18.9 Å². The van der Waals surface area contributed by atoms with Crippen molar-refractivity contribution in [3.05, 3.63) is 107 Å². The molecule has 11 nitrogen and oxygen atoms in total. The van der Waals surface area contributed by atoms with Gasteiger partial charge in [-0.25, -0.2) is 9.97 Å². The van der Waals surface area contributed by atoms with Crippen LogP contribution in [-0.2, 0) is 36.8 Å². The van der Waals surface area contributed by atoms with Gasteiger partial charge in [0.1, 0.15) is 23.3 Å². The molecular formula is C38H44N10O. The number of pyridine rings is 1. The summed E-state index contributed by atoms with van der Waals surface area (Å²) in [6, 6.07) is 18.3. The third kappa shape index (κ3) is 8.38. The van der Waals surface area contributed by atoms with E-state index in [4.69, 9.17) is 9.97 Å². The fourth-order valence-electron chi connectivity index (χ4n) is 6.55. The fourth-order valence-corrected chi connectivity index (χ4v) is 6.55. The molecule has 11 heteroatoms. The van der Waals surface area contributed by atoms with Crippen LogP contribution in [0.25, 0.3) is 11.1 Å². The number of rotatable bonds is 11. The predicted molar refractivity (Wildman–Crippen MR) is 188 cm³/mol. The minimum absolute atomic E-state index is 0.00645. The molecule has 0 radical (unpaired) electrons. The van der Waals surface area contributed by atoms with E-state index < -0.39 is 0 Å². The monoisotopic (exact) mass is 656 g/mol. The third-order valence-corrected chi connectivity index (χ3v) is 9.37. The number of nitrogens with one attached hydrogen (secondary N) is 3. The van der Waals surface area contributed by atoms with E-state index in [0.717, 1.165) is 65.3 Å². The van der Waals surface area contributed by atoms with Gasteiger partial charge in [0.15, 0.2) is 0 Å². The van der Waals surface area contributed by atoms with Crippen LogP contribution in [0, 0.1) is 23.2 Å². The highest BCUT2D eigenvalue weighted by Crippen LogP contribution is 2.39. The third-order valence-electron chi connectivity index (χ3n) is 9.37. The van der Waals surface area contributed by atoms with E-state index in [1.165, 1.54) is 0 Å². The van der Waals surface area contributed by atoms with Gasteiger partial charge < -0.3 is 10.6 Å². The summed E-state index contributed by atoms with van der Waals surface area (Å²) >= 11 is 0. The van der Waals surface area contributed by atoms with Crippen molar-refractivity contribution in [1.82, 2.24) is 40.2 Å². The molecule has 1 atom stereocenters. The topological polar surface area (TPSA) is 150 Å². The van der Waals surface area contributed by atoms with Crippen LogP contribution in [0.1, 0.15) is 86.4 Å². The zero-order valence-electron chi connectivity index (χ0n) is 28.6. The summed E-state index contributed by atoms with van der Waals surface area (Å²) in [5, 5.41) is 28.0. The molecule has 0 bridgehead atoms. The zero-order chi connectivity index (χ0) is 34.4. The predicted octanol–water partition coefficient (Wildman–Crippen LogP) is 6.23. The van der Waals surface area contributed by atoms with Gasteiger partial charge in [-0.2, -0.15) is 15.5 Å². The first-order valence-electron chi connectivity index (χ1n) is 17.0. The van der Waals surface area contributed by atoms with Gasteiger partial charge in [0, 0.05) is 48.9 Å². The number of aromatic nitrogens is 7. The summed E-state index contributed by atoms with van der Waals surface area (Å²) in [7, 11) is 1.89. The quantitative estimate of drug-likeness (QED) is 0.152. The highest BCUT2D eigenvalue weighted by molar-refractivity contribution is 5.83. The molecule has 0 saturated heterocycles. The van der Waals surface area contributed by atoms with Gasteiger partial charge in [0.2, 0.25) is 5.91 Å². The summed E-state index contributed by atoms with van der Waals surface area (Å²) < 4.78 is 1.77. The number of amides is 1. The molecule has 1 aromatic carbocycles. The Hall–Kier alpha value is -5.37. The molecule has 1 aliphatic carbocycles. The highest BCUT2D eigenvalue weighted by atomic mass is 16.1. The number of hydrogen-bond donors (Lipinski definition) is 3. The fraction of sp³-hybridized carbons (Fsp3) is 0.395. The lowest BCUT2D eigenvalue weighted by Crippen LogP contribution is -2.35. The second-order valence-corrected chi connectivity index (χ2v) is 14.1. The molecule has 49 heavy (non-hydrogen) atoms. The van der Waals surface area contributed by atoms with Gasteiger partial charge in [-0.3, -0.25) is 19.6 Å². The van der Waals surface area contributed by atoms with Crippen molar-refractivity contribution >= 4 is 11.7 Å². The Morgan fingerprint density at radius 1 is 1.02 bits per heavy atom. The largest absolute Gasteiger partial charge is 0.363 e. The number of hydrogen-bond acceptors (Lipinski definition) is 8. The standard InChI is InChI=1S/C38H44N10O/c1-38(2,3)33-17-31(46-47-33)23-42-36-29(18-39)21-41-34(45-36)16-25-10-12-27(13-11-25)35(37(49)43-19-26-8-6-5-7-9-26)32-15-14-28(20-40-32)30-22-44-48(4)24-30/h5-9,14-15,17,20-22,24-25,27,35H,10-13,16,19,23H2,1-4H3,(H,43,49)(H,46,47)(H,41,42,45). The molecular weight excluding hydrogens is 612 g/mol. The molecule has 5 aromatic rings. The maximum Gasteiger partial charge on any atom is 0.229 e. The lowest BCUT2D eigenvalue weighted by atomic mass is 9.73. The molecule has 4 heterocycles.